The third-order valence-corrected chi connectivity index (χ3v) is 5.73. The number of fused-ring (bicyclic) bond motifs is 1. The number of para-hydroxylation sites is 1. The summed E-state index contributed by atoms with van der Waals surface area (Å²) in [5.74, 6) is 1.91. The molecule has 0 bridgehead atoms. The molecule has 3 aromatic heterocycles. The van der Waals surface area contributed by atoms with Crippen LogP contribution in [0.25, 0.3) is 22.3 Å². The highest BCUT2D eigenvalue weighted by Crippen LogP contribution is 2.33. The quantitative estimate of drug-likeness (QED) is 0.428. The summed E-state index contributed by atoms with van der Waals surface area (Å²) in [6.45, 7) is 0.964. The van der Waals surface area contributed by atoms with Crippen LogP contribution in [0.1, 0.15) is 24.6 Å². The molecule has 1 aliphatic heterocycles. The van der Waals surface area contributed by atoms with Crippen molar-refractivity contribution in [2.75, 3.05) is 19.0 Å². The maximum Gasteiger partial charge on any atom is 0.160 e. The number of aromatic nitrogens is 4. The number of rotatable bonds is 6. The van der Waals surface area contributed by atoms with Gasteiger partial charge in [0.05, 0.1) is 42.1 Å². The molecule has 4 heterocycles. The van der Waals surface area contributed by atoms with Gasteiger partial charge in [0.2, 0.25) is 0 Å². The Morgan fingerprint density at radius 2 is 2.03 bits per heavy atom. The fourth-order valence-electron chi connectivity index (χ4n) is 4.12. The first-order chi connectivity index (χ1) is 15.7. The molecule has 8 nitrogen and oxygen atoms in total. The molecule has 4 N–H and O–H groups in total. The summed E-state index contributed by atoms with van der Waals surface area (Å²) < 4.78 is 5.57. The highest BCUT2D eigenvalue weighted by atomic mass is 16.5. The number of nitrogens with zero attached hydrogens (tertiary/aromatic N) is 4. The first-order valence-electron chi connectivity index (χ1n) is 10.7. The number of methoxy groups -OCH3 is 1. The largest absolute Gasteiger partial charge is 0.494 e. The SMILES string of the molecule is COc1cncc2nc(-c3ccnc(Nc4ccccc4)c3)nc(C(N)[C@H]3CCCN3)c12. The third kappa shape index (κ3) is 3.98. The normalized spacial score (nSPS) is 16.8. The minimum Gasteiger partial charge on any atom is -0.494 e. The van der Waals surface area contributed by atoms with E-state index in [9.17, 15) is 0 Å². The fraction of sp³-hybridized carbons (Fsp3) is 0.250. The van der Waals surface area contributed by atoms with Crippen LogP contribution >= 0.6 is 0 Å². The van der Waals surface area contributed by atoms with Crippen molar-refractivity contribution < 1.29 is 4.74 Å². The van der Waals surface area contributed by atoms with E-state index in [1.54, 1.807) is 25.7 Å². The summed E-state index contributed by atoms with van der Waals surface area (Å²) in [6.07, 6.45) is 7.27. The fourth-order valence-corrected chi connectivity index (χ4v) is 4.12. The molecule has 1 unspecified atom stereocenters. The zero-order valence-corrected chi connectivity index (χ0v) is 17.8. The maximum atomic E-state index is 6.72. The van der Waals surface area contributed by atoms with Crippen molar-refractivity contribution in [3.05, 3.63) is 66.7 Å². The lowest BCUT2D eigenvalue weighted by Gasteiger charge is -2.21. The Labute approximate surface area is 186 Å². The van der Waals surface area contributed by atoms with Gasteiger partial charge in [0.1, 0.15) is 11.6 Å². The van der Waals surface area contributed by atoms with Gasteiger partial charge in [-0.25, -0.2) is 15.0 Å². The molecular formula is C24H25N7O. The average Bonchev–Trinajstić information content (AvgIpc) is 3.38. The molecule has 4 aromatic rings. The van der Waals surface area contributed by atoms with E-state index in [-0.39, 0.29) is 12.1 Å². The molecule has 8 heteroatoms. The molecule has 2 atom stereocenters. The standard InChI is InChI=1S/C24H25N7O/c1-32-19-14-26-13-18-21(19)23(22(25)17-8-5-10-27-17)31-24(30-18)15-9-11-28-20(12-15)29-16-6-3-2-4-7-16/h2-4,6-7,9,11-14,17,22,27H,5,8,10,25H2,1H3,(H,28,29)/t17-,22?/m1/s1. The van der Waals surface area contributed by atoms with Crippen LogP contribution in [-0.4, -0.2) is 39.6 Å². The number of nitrogens with one attached hydrogen (secondary N) is 2. The zero-order chi connectivity index (χ0) is 21.9. The number of hydrogen-bond donors (Lipinski definition) is 3. The molecule has 1 aromatic carbocycles. The van der Waals surface area contributed by atoms with Crippen LogP contribution in [0.3, 0.4) is 0 Å². The Kier molecular flexibility index (Phi) is 5.62. The predicted octanol–water partition coefficient (Wildman–Crippen LogP) is 3.59. The second-order valence-electron chi connectivity index (χ2n) is 7.82. The van der Waals surface area contributed by atoms with Crippen molar-refractivity contribution >= 4 is 22.4 Å². The van der Waals surface area contributed by atoms with Crippen molar-refractivity contribution in [2.45, 2.75) is 24.9 Å². The maximum absolute atomic E-state index is 6.72. The van der Waals surface area contributed by atoms with Crippen LogP contribution in [0.2, 0.25) is 0 Å². The van der Waals surface area contributed by atoms with Gasteiger partial charge in [-0.15, -0.1) is 0 Å². The molecule has 0 aliphatic carbocycles. The van der Waals surface area contributed by atoms with E-state index in [0.717, 1.165) is 41.7 Å². The monoisotopic (exact) mass is 427 g/mol. The van der Waals surface area contributed by atoms with Gasteiger partial charge in [-0.05, 0) is 43.7 Å². The summed E-state index contributed by atoms with van der Waals surface area (Å²) in [5, 5.41) is 7.62. The Morgan fingerprint density at radius 1 is 1.16 bits per heavy atom. The van der Waals surface area contributed by atoms with E-state index in [1.807, 2.05) is 42.5 Å². The number of hydrogen-bond acceptors (Lipinski definition) is 8. The molecule has 1 aliphatic rings. The molecule has 1 saturated heterocycles. The lowest BCUT2D eigenvalue weighted by molar-refractivity contribution is 0.416. The van der Waals surface area contributed by atoms with Crippen molar-refractivity contribution in [2.24, 2.45) is 5.73 Å². The number of anilines is 2. The summed E-state index contributed by atoms with van der Waals surface area (Å²) in [5.41, 5.74) is 9.98. The Hall–Kier alpha value is -3.62. The van der Waals surface area contributed by atoms with Gasteiger partial charge in [-0.2, -0.15) is 0 Å². The Bertz CT molecular complexity index is 1230. The highest BCUT2D eigenvalue weighted by molar-refractivity contribution is 5.88. The van der Waals surface area contributed by atoms with E-state index in [4.69, 9.17) is 20.4 Å². The van der Waals surface area contributed by atoms with Crippen LogP contribution in [0, 0.1) is 0 Å². The van der Waals surface area contributed by atoms with Gasteiger partial charge >= 0.3 is 0 Å². The molecule has 0 amide bonds. The summed E-state index contributed by atoms with van der Waals surface area (Å²) in [6, 6.07) is 13.6. The third-order valence-electron chi connectivity index (χ3n) is 5.73. The van der Waals surface area contributed by atoms with Crippen LogP contribution in [0.5, 0.6) is 5.75 Å². The number of nitrogens with two attached hydrogens (primary N) is 1. The number of benzene rings is 1. The van der Waals surface area contributed by atoms with E-state index in [2.05, 4.69) is 20.6 Å². The Morgan fingerprint density at radius 3 is 2.81 bits per heavy atom. The first kappa shape index (κ1) is 20.3. The van der Waals surface area contributed by atoms with Gasteiger partial charge in [-0.3, -0.25) is 4.98 Å². The van der Waals surface area contributed by atoms with Gasteiger partial charge in [0.15, 0.2) is 5.82 Å². The number of ether oxygens (including phenoxy) is 1. The van der Waals surface area contributed by atoms with Gasteiger partial charge < -0.3 is 21.1 Å². The smallest absolute Gasteiger partial charge is 0.160 e. The predicted molar refractivity (Wildman–Crippen MR) is 125 cm³/mol. The molecular weight excluding hydrogens is 402 g/mol. The molecule has 0 saturated carbocycles. The molecule has 0 radical (unpaired) electrons. The van der Waals surface area contributed by atoms with E-state index < -0.39 is 0 Å². The van der Waals surface area contributed by atoms with Crippen LogP contribution in [0.4, 0.5) is 11.5 Å². The lowest BCUT2D eigenvalue weighted by atomic mass is 10.00. The molecule has 162 valence electrons. The van der Waals surface area contributed by atoms with Crippen molar-refractivity contribution in [1.29, 1.82) is 0 Å². The van der Waals surface area contributed by atoms with Crippen LogP contribution < -0.4 is 21.1 Å². The summed E-state index contributed by atoms with van der Waals surface area (Å²) in [7, 11) is 1.62. The first-order valence-corrected chi connectivity index (χ1v) is 10.7. The minimum absolute atomic E-state index is 0.159. The van der Waals surface area contributed by atoms with Crippen LogP contribution in [0.15, 0.2) is 61.1 Å². The second-order valence-corrected chi connectivity index (χ2v) is 7.82. The highest BCUT2D eigenvalue weighted by Gasteiger charge is 2.27. The van der Waals surface area contributed by atoms with Crippen molar-refractivity contribution in [3.63, 3.8) is 0 Å². The Balaban J connectivity index is 1.59. The van der Waals surface area contributed by atoms with Crippen molar-refractivity contribution in [1.82, 2.24) is 25.3 Å². The van der Waals surface area contributed by atoms with Crippen LogP contribution in [-0.2, 0) is 0 Å². The number of pyridine rings is 2. The minimum atomic E-state index is -0.290. The molecule has 5 rings (SSSR count). The van der Waals surface area contributed by atoms with Gasteiger partial charge in [-0.1, -0.05) is 18.2 Å². The van der Waals surface area contributed by atoms with E-state index in [1.165, 1.54) is 0 Å². The topological polar surface area (TPSA) is 111 Å². The van der Waals surface area contributed by atoms with Gasteiger partial charge in [0, 0.05) is 23.5 Å². The molecule has 1 fully saturated rings. The molecule has 32 heavy (non-hydrogen) atoms. The van der Waals surface area contributed by atoms with Crippen molar-refractivity contribution in [3.8, 4) is 17.1 Å². The average molecular weight is 428 g/mol. The van der Waals surface area contributed by atoms with E-state index in [0.29, 0.717) is 22.9 Å². The summed E-state index contributed by atoms with van der Waals surface area (Å²) in [4.78, 5) is 18.4. The molecule has 0 spiro atoms. The van der Waals surface area contributed by atoms with E-state index >= 15 is 0 Å². The second kappa shape index (κ2) is 8.86. The zero-order valence-electron chi connectivity index (χ0n) is 17.8. The lowest BCUT2D eigenvalue weighted by Crippen LogP contribution is -2.35. The van der Waals surface area contributed by atoms with Gasteiger partial charge in [0.25, 0.3) is 0 Å². The summed E-state index contributed by atoms with van der Waals surface area (Å²) >= 11 is 0.